The number of aromatic nitrogens is 2. The van der Waals surface area contributed by atoms with Gasteiger partial charge in [0.1, 0.15) is 11.5 Å². The molecule has 2 aromatic rings. The fourth-order valence-electron chi connectivity index (χ4n) is 1.55. The van der Waals surface area contributed by atoms with Gasteiger partial charge in [-0.05, 0) is 18.7 Å². The molecule has 0 radical (unpaired) electrons. The van der Waals surface area contributed by atoms with E-state index in [9.17, 15) is 0 Å². The summed E-state index contributed by atoms with van der Waals surface area (Å²) in [5, 5.41) is 6.64. The van der Waals surface area contributed by atoms with Gasteiger partial charge in [0.15, 0.2) is 0 Å². The molecule has 0 saturated heterocycles. The third kappa shape index (κ3) is 2.27. The zero-order valence-electron chi connectivity index (χ0n) is 8.90. The number of hydrogen-bond donors (Lipinski definition) is 2. The molecule has 0 bridgehead atoms. The fraction of sp³-hybridized carbons (Fsp3) is 0.364. The van der Waals surface area contributed by atoms with Crippen molar-refractivity contribution in [2.45, 2.75) is 6.92 Å². The molecule has 4 heteroatoms. The Hall–Kier alpha value is -1.55. The van der Waals surface area contributed by atoms with Gasteiger partial charge >= 0.3 is 0 Å². The molecule has 0 amide bonds. The molecular formula is C11H16N4. The summed E-state index contributed by atoms with van der Waals surface area (Å²) in [5.41, 5.74) is 0.975. The fourth-order valence-corrected chi connectivity index (χ4v) is 1.55. The van der Waals surface area contributed by atoms with Crippen LogP contribution in [0.25, 0.3) is 5.65 Å². The highest BCUT2D eigenvalue weighted by Crippen LogP contribution is 2.09. The summed E-state index contributed by atoms with van der Waals surface area (Å²) in [7, 11) is 0. The average Bonchev–Trinajstić information content (AvgIpc) is 2.73. The Kier molecular flexibility index (Phi) is 3.19. The molecule has 2 aromatic heterocycles. The molecule has 0 fully saturated rings. The Morgan fingerprint density at radius 2 is 2.27 bits per heavy atom. The normalized spacial score (nSPS) is 10.7. The molecule has 2 N–H and O–H groups in total. The van der Waals surface area contributed by atoms with Crippen molar-refractivity contribution in [1.82, 2.24) is 14.7 Å². The monoisotopic (exact) mass is 204 g/mol. The number of likely N-dealkylation sites (N-methyl/N-ethyl adjacent to an activating group) is 1. The first kappa shape index (κ1) is 9.98. The van der Waals surface area contributed by atoms with Crippen LogP contribution in [0.5, 0.6) is 0 Å². The van der Waals surface area contributed by atoms with Crippen molar-refractivity contribution in [3.8, 4) is 0 Å². The SMILES string of the molecule is CCNCCNc1cccc2nccn12. The molecule has 15 heavy (non-hydrogen) atoms. The van der Waals surface area contributed by atoms with Crippen LogP contribution in [0.1, 0.15) is 6.92 Å². The summed E-state index contributed by atoms with van der Waals surface area (Å²) < 4.78 is 2.05. The van der Waals surface area contributed by atoms with Crippen LogP contribution in [0.3, 0.4) is 0 Å². The van der Waals surface area contributed by atoms with Gasteiger partial charge in [0, 0.05) is 25.5 Å². The molecule has 4 nitrogen and oxygen atoms in total. The first-order valence-corrected chi connectivity index (χ1v) is 5.28. The van der Waals surface area contributed by atoms with Gasteiger partial charge in [-0.3, -0.25) is 4.40 Å². The Morgan fingerprint density at radius 3 is 3.13 bits per heavy atom. The van der Waals surface area contributed by atoms with Crippen LogP contribution >= 0.6 is 0 Å². The van der Waals surface area contributed by atoms with E-state index >= 15 is 0 Å². The van der Waals surface area contributed by atoms with E-state index in [4.69, 9.17) is 0 Å². The quantitative estimate of drug-likeness (QED) is 0.722. The van der Waals surface area contributed by atoms with E-state index in [0.29, 0.717) is 0 Å². The summed E-state index contributed by atoms with van der Waals surface area (Å²) in [6.45, 7) is 5.01. The van der Waals surface area contributed by atoms with Crippen molar-refractivity contribution in [3.63, 3.8) is 0 Å². The first-order chi connectivity index (χ1) is 7.42. The number of pyridine rings is 1. The molecular weight excluding hydrogens is 188 g/mol. The van der Waals surface area contributed by atoms with Crippen LogP contribution in [0.2, 0.25) is 0 Å². The van der Waals surface area contributed by atoms with Crippen molar-refractivity contribution in [2.75, 3.05) is 25.0 Å². The Balaban J connectivity index is 2.04. The molecule has 0 aromatic carbocycles. The predicted molar refractivity (Wildman–Crippen MR) is 62.2 cm³/mol. The molecule has 80 valence electrons. The largest absolute Gasteiger partial charge is 0.370 e. The molecule has 2 rings (SSSR count). The molecule has 2 heterocycles. The third-order valence-corrected chi connectivity index (χ3v) is 2.29. The van der Waals surface area contributed by atoms with Gasteiger partial charge in [0.2, 0.25) is 0 Å². The van der Waals surface area contributed by atoms with Crippen molar-refractivity contribution < 1.29 is 0 Å². The van der Waals surface area contributed by atoms with Gasteiger partial charge in [0.25, 0.3) is 0 Å². The number of anilines is 1. The number of hydrogen-bond acceptors (Lipinski definition) is 3. The maximum absolute atomic E-state index is 4.23. The summed E-state index contributed by atoms with van der Waals surface area (Å²) in [5.74, 6) is 1.09. The summed E-state index contributed by atoms with van der Waals surface area (Å²) >= 11 is 0. The highest BCUT2D eigenvalue weighted by molar-refractivity contribution is 5.49. The minimum absolute atomic E-state index is 0.922. The Morgan fingerprint density at radius 1 is 1.33 bits per heavy atom. The Bertz CT molecular complexity index is 421. The lowest BCUT2D eigenvalue weighted by Gasteiger charge is -2.08. The van der Waals surface area contributed by atoms with Crippen molar-refractivity contribution in [3.05, 3.63) is 30.6 Å². The van der Waals surface area contributed by atoms with E-state index in [-0.39, 0.29) is 0 Å². The molecule has 0 aliphatic rings. The topological polar surface area (TPSA) is 41.4 Å². The second kappa shape index (κ2) is 4.79. The van der Waals surface area contributed by atoms with E-state index in [1.54, 1.807) is 0 Å². The number of nitrogens with one attached hydrogen (secondary N) is 2. The predicted octanol–water partition coefficient (Wildman–Crippen LogP) is 1.36. The lowest BCUT2D eigenvalue weighted by atomic mass is 10.4. The second-order valence-electron chi connectivity index (χ2n) is 3.35. The van der Waals surface area contributed by atoms with E-state index < -0.39 is 0 Å². The zero-order valence-corrected chi connectivity index (χ0v) is 8.90. The average molecular weight is 204 g/mol. The van der Waals surface area contributed by atoms with E-state index in [1.165, 1.54) is 0 Å². The molecule has 0 spiro atoms. The van der Waals surface area contributed by atoms with Crippen molar-refractivity contribution in [1.29, 1.82) is 0 Å². The number of imidazole rings is 1. The third-order valence-electron chi connectivity index (χ3n) is 2.29. The van der Waals surface area contributed by atoms with E-state index in [0.717, 1.165) is 31.1 Å². The highest BCUT2D eigenvalue weighted by atomic mass is 15.1. The zero-order chi connectivity index (χ0) is 10.5. The van der Waals surface area contributed by atoms with Gasteiger partial charge in [-0.2, -0.15) is 0 Å². The van der Waals surface area contributed by atoms with Crippen molar-refractivity contribution in [2.24, 2.45) is 0 Å². The van der Waals surface area contributed by atoms with Gasteiger partial charge in [-0.15, -0.1) is 0 Å². The van der Waals surface area contributed by atoms with Crippen LogP contribution in [0.4, 0.5) is 5.82 Å². The maximum Gasteiger partial charge on any atom is 0.138 e. The van der Waals surface area contributed by atoms with Crippen LogP contribution < -0.4 is 10.6 Å². The number of fused-ring (bicyclic) bond motifs is 1. The maximum atomic E-state index is 4.23. The standard InChI is InChI=1S/C11H16N4/c1-2-12-6-7-13-10-4-3-5-11-14-8-9-15(10)11/h3-5,8-9,12-13H,2,6-7H2,1H3. The summed E-state index contributed by atoms with van der Waals surface area (Å²) in [4.78, 5) is 4.23. The second-order valence-corrected chi connectivity index (χ2v) is 3.35. The van der Waals surface area contributed by atoms with E-state index in [1.807, 2.05) is 28.9 Å². The van der Waals surface area contributed by atoms with Crippen LogP contribution in [0, 0.1) is 0 Å². The summed E-state index contributed by atoms with van der Waals surface area (Å²) in [6, 6.07) is 6.06. The van der Waals surface area contributed by atoms with Crippen LogP contribution in [0.15, 0.2) is 30.6 Å². The number of nitrogens with zero attached hydrogens (tertiary/aromatic N) is 2. The molecule has 0 unspecified atom stereocenters. The Labute approximate surface area is 89.3 Å². The van der Waals surface area contributed by atoms with Gasteiger partial charge in [0.05, 0.1) is 0 Å². The van der Waals surface area contributed by atoms with Gasteiger partial charge in [-0.1, -0.05) is 13.0 Å². The number of rotatable bonds is 5. The van der Waals surface area contributed by atoms with Crippen molar-refractivity contribution >= 4 is 11.5 Å². The van der Waals surface area contributed by atoms with Crippen LogP contribution in [-0.2, 0) is 0 Å². The minimum atomic E-state index is 0.922. The molecule has 0 aliphatic carbocycles. The summed E-state index contributed by atoms with van der Waals surface area (Å²) in [6.07, 6.45) is 3.77. The molecule has 0 saturated carbocycles. The lowest BCUT2D eigenvalue weighted by molar-refractivity contribution is 0.737. The van der Waals surface area contributed by atoms with E-state index in [2.05, 4.69) is 28.6 Å². The molecule has 0 atom stereocenters. The van der Waals surface area contributed by atoms with Crippen LogP contribution in [-0.4, -0.2) is 29.0 Å². The minimum Gasteiger partial charge on any atom is -0.370 e. The first-order valence-electron chi connectivity index (χ1n) is 5.28. The lowest BCUT2D eigenvalue weighted by Crippen LogP contribution is -2.22. The van der Waals surface area contributed by atoms with Gasteiger partial charge in [-0.25, -0.2) is 4.98 Å². The smallest absolute Gasteiger partial charge is 0.138 e. The molecule has 0 aliphatic heterocycles. The van der Waals surface area contributed by atoms with Gasteiger partial charge < -0.3 is 10.6 Å². The highest BCUT2D eigenvalue weighted by Gasteiger charge is 1.98.